The highest BCUT2D eigenvalue weighted by molar-refractivity contribution is 7.80. The van der Waals surface area contributed by atoms with Gasteiger partial charge in [0.05, 0.1) is 5.69 Å². The Morgan fingerprint density at radius 3 is 2.50 bits per heavy atom. The lowest BCUT2D eigenvalue weighted by atomic mass is 10.2. The molecule has 2 nitrogen and oxygen atoms in total. The average molecular weight is 260 g/mol. The van der Waals surface area contributed by atoms with Crippen LogP contribution in [0.15, 0.2) is 48.5 Å². The Morgan fingerprint density at radius 1 is 1.06 bits per heavy atom. The van der Waals surface area contributed by atoms with Crippen molar-refractivity contribution in [3.63, 3.8) is 0 Å². The Morgan fingerprint density at radius 2 is 1.78 bits per heavy atom. The molecule has 92 valence electrons. The van der Waals surface area contributed by atoms with Gasteiger partial charge in [-0.05, 0) is 49.0 Å². The van der Waals surface area contributed by atoms with Crippen LogP contribution in [0.1, 0.15) is 5.56 Å². The third-order valence-electron chi connectivity index (χ3n) is 2.40. The summed E-state index contributed by atoms with van der Waals surface area (Å²) in [4.78, 5) is 0. The number of aryl methyl sites for hydroxylation is 1. The van der Waals surface area contributed by atoms with Crippen molar-refractivity contribution in [2.45, 2.75) is 6.92 Å². The summed E-state index contributed by atoms with van der Waals surface area (Å²) in [6.45, 7) is 1.90. The topological polar surface area (TPSA) is 24.1 Å². The van der Waals surface area contributed by atoms with E-state index in [1.807, 2.05) is 37.3 Å². The van der Waals surface area contributed by atoms with E-state index < -0.39 is 0 Å². The highest BCUT2D eigenvalue weighted by atomic mass is 32.1. The van der Waals surface area contributed by atoms with E-state index in [9.17, 15) is 4.39 Å². The summed E-state index contributed by atoms with van der Waals surface area (Å²) < 4.78 is 13.5. The van der Waals surface area contributed by atoms with E-state index in [2.05, 4.69) is 10.6 Å². The van der Waals surface area contributed by atoms with Crippen molar-refractivity contribution in [2.75, 3.05) is 10.6 Å². The number of anilines is 2. The van der Waals surface area contributed by atoms with Crippen molar-refractivity contribution < 1.29 is 4.39 Å². The molecule has 0 bridgehead atoms. The lowest BCUT2D eigenvalue weighted by Crippen LogP contribution is -2.19. The minimum atomic E-state index is -0.321. The van der Waals surface area contributed by atoms with Crippen molar-refractivity contribution in [2.24, 2.45) is 0 Å². The number of hydrogen-bond acceptors (Lipinski definition) is 1. The van der Waals surface area contributed by atoms with Gasteiger partial charge in [-0.1, -0.05) is 24.3 Å². The van der Waals surface area contributed by atoms with Gasteiger partial charge in [0.25, 0.3) is 0 Å². The zero-order valence-electron chi connectivity index (χ0n) is 9.91. The smallest absolute Gasteiger partial charge is 0.175 e. The molecule has 0 unspecified atom stereocenters. The molecule has 0 atom stereocenters. The molecule has 0 saturated carbocycles. The van der Waals surface area contributed by atoms with E-state index in [1.54, 1.807) is 12.1 Å². The Balaban J connectivity index is 2.05. The first kappa shape index (κ1) is 12.5. The molecule has 0 spiro atoms. The van der Waals surface area contributed by atoms with Gasteiger partial charge >= 0.3 is 0 Å². The lowest BCUT2D eigenvalue weighted by molar-refractivity contribution is 0.632. The second kappa shape index (κ2) is 5.60. The van der Waals surface area contributed by atoms with E-state index in [4.69, 9.17) is 12.2 Å². The third kappa shape index (κ3) is 3.28. The predicted octanol–water partition coefficient (Wildman–Crippen LogP) is 3.94. The maximum Gasteiger partial charge on any atom is 0.175 e. The minimum Gasteiger partial charge on any atom is -0.332 e. The number of hydrogen-bond donors (Lipinski definition) is 2. The first-order chi connectivity index (χ1) is 8.65. The maximum absolute atomic E-state index is 13.5. The molecule has 4 heteroatoms. The molecule has 2 aromatic rings. The van der Waals surface area contributed by atoms with Crippen LogP contribution in [0.5, 0.6) is 0 Å². The molecule has 0 fully saturated rings. The summed E-state index contributed by atoms with van der Waals surface area (Å²) in [5.74, 6) is -0.321. The Labute approximate surface area is 111 Å². The molecule has 0 heterocycles. The molecule has 0 aliphatic rings. The second-order valence-electron chi connectivity index (χ2n) is 3.93. The Bertz CT molecular complexity index is 555. The summed E-state index contributed by atoms with van der Waals surface area (Å²) in [6.07, 6.45) is 0. The van der Waals surface area contributed by atoms with Gasteiger partial charge in [0.2, 0.25) is 0 Å². The van der Waals surface area contributed by atoms with Gasteiger partial charge in [0.1, 0.15) is 5.82 Å². The highest BCUT2D eigenvalue weighted by Crippen LogP contribution is 2.16. The van der Waals surface area contributed by atoms with Crippen molar-refractivity contribution >= 4 is 28.7 Å². The maximum atomic E-state index is 13.5. The van der Waals surface area contributed by atoms with Crippen LogP contribution in [0.4, 0.5) is 15.8 Å². The van der Waals surface area contributed by atoms with E-state index in [0.29, 0.717) is 10.8 Å². The SMILES string of the molecule is Cc1ccc(F)c(NC(=S)Nc2ccccc2)c1. The van der Waals surface area contributed by atoms with Crippen LogP contribution in [0.25, 0.3) is 0 Å². The largest absolute Gasteiger partial charge is 0.332 e. The summed E-state index contributed by atoms with van der Waals surface area (Å²) in [7, 11) is 0. The number of rotatable bonds is 2. The van der Waals surface area contributed by atoms with E-state index in [0.717, 1.165) is 11.3 Å². The van der Waals surface area contributed by atoms with Gasteiger partial charge in [0.15, 0.2) is 5.11 Å². The molecule has 0 amide bonds. The van der Waals surface area contributed by atoms with Crippen molar-refractivity contribution in [1.82, 2.24) is 0 Å². The fourth-order valence-corrected chi connectivity index (χ4v) is 1.77. The number of nitrogens with one attached hydrogen (secondary N) is 2. The number of thiocarbonyl (C=S) groups is 1. The van der Waals surface area contributed by atoms with E-state index >= 15 is 0 Å². The summed E-state index contributed by atoms with van der Waals surface area (Å²) in [5, 5.41) is 6.20. The first-order valence-electron chi connectivity index (χ1n) is 5.54. The van der Waals surface area contributed by atoms with Gasteiger partial charge in [-0.15, -0.1) is 0 Å². The highest BCUT2D eigenvalue weighted by Gasteiger charge is 2.04. The minimum absolute atomic E-state index is 0.321. The van der Waals surface area contributed by atoms with Crippen LogP contribution >= 0.6 is 12.2 Å². The molecule has 2 rings (SSSR count). The summed E-state index contributed by atoms with van der Waals surface area (Å²) in [5.41, 5.74) is 2.22. The van der Waals surface area contributed by atoms with Crippen LogP contribution in [0, 0.1) is 12.7 Å². The van der Waals surface area contributed by atoms with Gasteiger partial charge in [-0.3, -0.25) is 0 Å². The van der Waals surface area contributed by atoms with Crippen LogP contribution in [0.3, 0.4) is 0 Å². The molecular formula is C14H13FN2S. The zero-order chi connectivity index (χ0) is 13.0. The number of para-hydroxylation sites is 1. The molecule has 18 heavy (non-hydrogen) atoms. The molecule has 0 radical (unpaired) electrons. The Kier molecular flexibility index (Phi) is 3.89. The predicted molar refractivity (Wildman–Crippen MR) is 77.4 cm³/mol. The molecule has 0 aromatic heterocycles. The third-order valence-corrected chi connectivity index (χ3v) is 2.61. The van der Waals surface area contributed by atoms with Crippen molar-refractivity contribution in [3.05, 3.63) is 59.9 Å². The fourth-order valence-electron chi connectivity index (χ4n) is 1.54. The van der Waals surface area contributed by atoms with E-state index in [1.165, 1.54) is 6.07 Å². The molecule has 2 aromatic carbocycles. The van der Waals surface area contributed by atoms with Gasteiger partial charge in [-0.25, -0.2) is 4.39 Å². The monoisotopic (exact) mass is 260 g/mol. The van der Waals surface area contributed by atoms with Crippen LogP contribution in [-0.4, -0.2) is 5.11 Å². The average Bonchev–Trinajstić information content (AvgIpc) is 2.35. The van der Waals surface area contributed by atoms with Gasteiger partial charge in [-0.2, -0.15) is 0 Å². The van der Waals surface area contributed by atoms with Crippen LogP contribution < -0.4 is 10.6 Å². The molecule has 0 aliphatic carbocycles. The first-order valence-corrected chi connectivity index (χ1v) is 5.95. The number of benzene rings is 2. The van der Waals surface area contributed by atoms with Crippen LogP contribution in [0.2, 0.25) is 0 Å². The number of halogens is 1. The van der Waals surface area contributed by atoms with E-state index in [-0.39, 0.29) is 5.82 Å². The van der Waals surface area contributed by atoms with Crippen molar-refractivity contribution in [1.29, 1.82) is 0 Å². The van der Waals surface area contributed by atoms with Crippen molar-refractivity contribution in [3.8, 4) is 0 Å². The van der Waals surface area contributed by atoms with Gasteiger partial charge < -0.3 is 10.6 Å². The zero-order valence-corrected chi connectivity index (χ0v) is 10.7. The fraction of sp³-hybridized carbons (Fsp3) is 0.0714. The Hall–Kier alpha value is -1.94. The molecule has 0 saturated heterocycles. The normalized spacial score (nSPS) is 9.89. The van der Waals surface area contributed by atoms with Gasteiger partial charge in [0, 0.05) is 5.69 Å². The lowest BCUT2D eigenvalue weighted by Gasteiger charge is -2.11. The summed E-state index contributed by atoms with van der Waals surface area (Å²) >= 11 is 5.13. The molecule has 2 N–H and O–H groups in total. The second-order valence-corrected chi connectivity index (χ2v) is 4.34. The molecule has 0 aliphatic heterocycles. The quantitative estimate of drug-likeness (QED) is 0.800. The standard InChI is InChI=1S/C14H13FN2S/c1-10-7-8-12(15)13(9-10)17-14(18)16-11-5-3-2-4-6-11/h2-9H,1H3,(H2,16,17,18). The summed E-state index contributed by atoms with van der Waals surface area (Å²) in [6, 6.07) is 14.4. The molecular weight excluding hydrogens is 247 g/mol. The van der Waals surface area contributed by atoms with Crippen LogP contribution in [-0.2, 0) is 0 Å².